The van der Waals surface area contributed by atoms with Gasteiger partial charge in [0.15, 0.2) is 0 Å². The molecular weight excluding hydrogens is 212 g/mol. The van der Waals surface area contributed by atoms with Crippen molar-refractivity contribution in [1.29, 1.82) is 0 Å². The first-order chi connectivity index (χ1) is 7.77. The second kappa shape index (κ2) is 5.11. The first kappa shape index (κ1) is 14.1. The molecule has 98 valence electrons. The normalized spacial score (nSPS) is 12.4. The fraction of sp³-hybridized carbons (Fsp3) is 0.786. The number of hydrogen-bond donors (Lipinski definition) is 1. The van der Waals surface area contributed by atoms with Crippen molar-refractivity contribution >= 4 is 0 Å². The van der Waals surface area contributed by atoms with Crippen LogP contribution >= 0.6 is 0 Å². The lowest BCUT2D eigenvalue weighted by Crippen LogP contribution is -2.26. The molecule has 0 aliphatic rings. The minimum absolute atomic E-state index is 0.0865. The van der Waals surface area contributed by atoms with Gasteiger partial charge >= 0.3 is 0 Å². The lowest BCUT2D eigenvalue weighted by Gasteiger charge is -2.18. The molecule has 3 heteroatoms. The van der Waals surface area contributed by atoms with E-state index in [-0.39, 0.29) is 11.0 Å². The number of nitrogens with zero attached hydrogens (tertiary/aromatic N) is 1. The molecule has 0 atom stereocenters. The lowest BCUT2D eigenvalue weighted by atomic mass is 9.85. The van der Waals surface area contributed by atoms with Gasteiger partial charge in [-0.1, -0.05) is 41.5 Å². The largest absolute Gasteiger partial charge is 0.299 e. The van der Waals surface area contributed by atoms with Crippen molar-refractivity contribution in [2.75, 3.05) is 0 Å². The zero-order valence-corrected chi connectivity index (χ0v) is 12.1. The molecule has 17 heavy (non-hydrogen) atoms. The number of aromatic amines is 1. The minimum Gasteiger partial charge on any atom is -0.299 e. The summed E-state index contributed by atoms with van der Waals surface area (Å²) in [5.41, 5.74) is 2.15. The Morgan fingerprint density at radius 1 is 1.29 bits per heavy atom. The molecule has 0 radical (unpaired) electrons. The standard InChI is InChI=1S/C14H26N2O/c1-7-8-16-13(17)12(14(4,5)6)11(15-16)9-10(2)3/h10,15H,7-9H2,1-6H3. The molecule has 1 heterocycles. The van der Waals surface area contributed by atoms with Crippen LogP contribution in [0.25, 0.3) is 0 Å². The van der Waals surface area contributed by atoms with E-state index >= 15 is 0 Å². The minimum atomic E-state index is -0.0865. The smallest absolute Gasteiger partial charge is 0.270 e. The summed E-state index contributed by atoms with van der Waals surface area (Å²) in [6.07, 6.45) is 1.92. The molecule has 0 aliphatic carbocycles. The lowest BCUT2D eigenvalue weighted by molar-refractivity contribution is 0.561. The molecule has 0 bridgehead atoms. The highest BCUT2D eigenvalue weighted by molar-refractivity contribution is 5.25. The van der Waals surface area contributed by atoms with Gasteiger partial charge in [-0.15, -0.1) is 0 Å². The van der Waals surface area contributed by atoms with Crippen LogP contribution in [-0.2, 0) is 18.4 Å². The Balaban J connectivity index is 3.27. The fourth-order valence-corrected chi connectivity index (χ4v) is 2.24. The number of nitrogens with one attached hydrogen (secondary N) is 1. The molecular formula is C14H26N2O. The Labute approximate surface area is 104 Å². The molecule has 0 amide bonds. The first-order valence-electron chi connectivity index (χ1n) is 6.59. The highest BCUT2D eigenvalue weighted by Gasteiger charge is 2.25. The molecule has 1 aromatic rings. The maximum atomic E-state index is 12.3. The van der Waals surface area contributed by atoms with Crippen LogP contribution in [0.5, 0.6) is 0 Å². The second-order valence-corrected chi connectivity index (χ2v) is 6.27. The van der Waals surface area contributed by atoms with E-state index in [9.17, 15) is 4.79 Å². The average Bonchev–Trinajstić information content (AvgIpc) is 2.41. The van der Waals surface area contributed by atoms with Gasteiger partial charge in [0, 0.05) is 17.8 Å². The topological polar surface area (TPSA) is 37.8 Å². The summed E-state index contributed by atoms with van der Waals surface area (Å²) in [6, 6.07) is 0. The van der Waals surface area contributed by atoms with E-state index in [4.69, 9.17) is 0 Å². The number of H-pyrrole nitrogens is 1. The highest BCUT2D eigenvalue weighted by atomic mass is 16.1. The predicted octanol–water partition coefficient (Wildman–Crippen LogP) is 3.08. The van der Waals surface area contributed by atoms with Crippen LogP contribution < -0.4 is 5.56 Å². The Hall–Kier alpha value is -0.990. The van der Waals surface area contributed by atoms with Crippen LogP contribution in [0.15, 0.2) is 4.79 Å². The summed E-state index contributed by atoms with van der Waals surface area (Å²) in [5, 5.41) is 3.29. The van der Waals surface area contributed by atoms with E-state index in [0.717, 1.165) is 30.6 Å². The molecule has 0 fully saturated rings. The van der Waals surface area contributed by atoms with Crippen molar-refractivity contribution in [3.05, 3.63) is 21.6 Å². The van der Waals surface area contributed by atoms with E-state index < -0.39 is 0 Å². The predicted molar refractivity (Wildman–Crippen MR) is 72.6 cm³/mol. The summed E-state index contributed by atoms with van der Waals surface area (Å²) in [5.74, 6) is 0.559. The number of rotatable bonds is 4. The van der Waals surface area contributed by atoms with Crippen molar-refractivity contribution in [2.24, 2.45) is 5.92 Å². The van der Waals surface area contributed by atoms with Crippen LogP contribution in [-0.4, -0.2) is 9.78 Å². The fourth-order valence-electron chi connectivity index (χ4n) is 2.24. The summed E-state index contributed by atoms with van der Waals surface area (Å²) in [4.78, 5) is 12.3. The van der Waals surface area contributed by atoms with Crippen LogP contribution in [0.4, 0.5) is 0 Å². The van der Waals surface area contributed by atoms with Gasteiger partial charge in [-0.2, -0.15) is 0 Å². The molecule has 0 saturated carbocycles. The van der Waals surface area contributed by atoms with Crippen molar-refractivity contribution in [1.82, 2.24) is 9.78 Å². The van der Waals surface area contributed by atoms with Gasteiger partial charge in [0.05, 0.1) is 0 Å². The van der Waals surface area contributed by atoms with E-state index in [0.29, 0.717) is 5.92 Å². The van der Waals surface area contributed by atoms with Gasteiger partial charge in [0.1, 0.15) is 0 Å². The highest BCUT2D eigenvalue weighted by Crippen LogP contribution is 2.23. The van der Waals surface area contributed by atoms with Crippen LogP contribution in [0, 0.1) is 5.92 Å². The van der Waals surface area contributed by atoms with Crippen LogP contribution in [0.2, 0.25) is 0 Å². The van der Waals surface area contributed by atoms with Gasteiger partial charge in [0.2, 0.25) is 0 Å². The average molecular weight is 238 g/mol. The van der Waals surface area contributed by atoms with Gasteiger partial charge < -0.3 is 0 Å². The Morgan fingerprint density at radius 3 is 2.29 bits per heavy atom. The summed E-state index contributed by atoms with van der Waals surface area (Å²) in [7, 11) is 0. The van der Waals surface area contributed by atoms with Gasteiger partial charge in [-0.25, -0.2) is 0 Å². The SMILES string of the molecule is CCCn1[nH]c(CC(C)C)c(C(C)(C)C)c1=O. The molecule has 1 aromatic heterocycles. The van der Waals surface area contributed by atoms with Gasteiger partial charge in [-0.3, -0.25) is 14.6 Å². The van der Waals surface area contributed by atoms with E-state index in [2.05, 4.69) is 46.6 Å². The molecule has 0 saturated heterocycles. The Kier molecular flexibility index (Phi) is 4.23. The third-order valence-corrected chi connectivity index (χ3v) is 2.84. The Morgan fingerprint density at radius 2 is 1.88 bits per heavy atom. The van der Waals surface area contributed by atoms with E-state index in [1.54, 1.807) is 4.68 Å². The second-order valence-electron chi connectivity index (χ2n) is 6.27. The molecule has 0 aliphatic heterocycles. The zero-order valence-electron chi connectivity index (χ0n) is 12.1. The third-order valence-electron chi connectivity index (χ3n) is 2.84. The van der Waals surface area contributed by atoms with Gasteiger partial charge in [-0.05, 0) is 24.2 Å². The molecule has 0 unspecified atom stereocenters. The van der Waals surface area contributed by atoms with Crippen LogP contribution in [0.1, 0.15) is 59.2 Å². The van der Waals surface area contributed by atoms with E-state index in [1.807, 2.05) is 0 Å². The van der Waals surface area contributed by atoms with Crippen molar-refractivity contribution < 1.29 is 0 Å². The van der Waals surface area contributed by atoms with Crippen LogP contribution in [0.3, 0.4) is 0 Å². The quantitative estimate of drug-likeness (QED) is 0.860. The monoisotopic (exact) mass is 238 g/mol. The van der Waals surface area contributed by atoms with Crippen molar-refractivity contribution in [3.63, 3.8) is 0 Å². The number of aromatic nitrogens is 2. The maximum Gasteiger partial charge on any atom is 0.270 e. The zero-order chi connectivity index (χ0) is 13.2. The third kappa shape index (κ3) is 3.24. The maximum absolute atomic E-state index is 12.3. The van der Waals surface area contributed by atoms with Crippen molar-refractivity contribution in [3.8, 4) is 0 Å². The number of hydrogen-bond acceptors (Lipinski definition) is 1. The Bertz CT molecular complexity index is 418. The number of aryl methyl sites for hydroxylation is 1. The molecule has 0 spiro atoms. The summed E-state index contributed by atoms with van der Waals surface area (Å²) in [6.45, 7) is 13.6. The van der Waals surface area contributed by atoms with Gasteiger partial charge in [0.25, 0.3) is 5.56 Å². The van der Waals surface area contributed by atoms with Crippen molar-refractivity contribution in [2.45, 2.75) is 66.3 Å². The molecule has 1 N–H and O–H groups in total. The molecule has 1 rings (SSSR count). The first-order valence-corrected chi connectivity index (χ1v) is 6.59. The van der Waals surface area contributed by atoms with E-state index in [1.165, 1.54) is 0 Å². The summed E-state index contributed by atoms with van der Waals surface area (Å²) >= 11 is 0. The molecule has 0 aromatic carbocycles. The summed E-state index contributed by atoms with van der Waals surface area (Å²) < 4.78 is 1.76. The molecule has 3 nitrogen and oxygen atoms in total.